The Balaban J connectivity index is 2.10. The predicted molar refractivity (Wildman–Crippen MR) is 101 cm³/mol. The van der Waals surface area contributed by atoms with Crippen LogP contribution in [0.4, 0.5) is 4.39 Å². The van der Waals surface area contributed by atoms with Crippen LogP contribution in [0.1, 0.15) is 30.4 Å². The highest BCUT2D eigenvalue weighted by molar-refractivity contribution is 5.57. The smallest absolute Gasteiger partial charge is 0.123 e. The number of hydrogen-bond donors (Lipinski definition) is 1. The fourth-order valence-corrected chi connectivity index (χ4v) is 3.94. The van der Waals surface area contributed by atoms with Crippen molar-refractivity contribution in [1.29, 1.82) is 0 Å². The zero-order valence-corrected chi connectivity index (χ0v) is 15.0. The second kappa shape index (κ2) is 7.51. The molecule has 1 aliphatic carbocycles. The van der Waals surface area contributed by atoms with Gasteiger partial charge in [0.2, 0.25) is 0 Å². The van der Waals surface area contributed by atoms with Gasteiger partial charge in [0, 0.05) is 12.5 Å². The van der Waals surface area contributed by atoms with E-state index in [0.29, 0.717) is 5.56 Å². The minimum atomic E-state index is -1.14. The average molecular weight is 339 g/mol. The Bertz CT molecular complexity index is 741. The van der Waals surface area contributed by atoms with Crippen LogP contribution in [-0.2, 0) is 5.60 Å². The number of nitrogens with zero attached hydrogens (tertiary/aromatic N) is 1. The molecule has 2 aromatic rings. The molecule has 2 atom stereocenters. The summed E-state index contributed by atoms with van der Waals surface area (Å²) in [6.07, 6.45) is 4.87. The maximum absolute atomic E-state index is 13.9. The van der Waals surface area contributed by atoms with Crippen LogP contribution >= 0.6 is 0 Å². The molecule has 1 fully saturated rings. The minimum Gasteiger partial charge on any atom is -0.380 e. The van der Waals surface area contributed by atoms with Gasteiger partial charge >= 0.3 is 0 Å². The van der Waals surface area contributed by atoms with Crippen molar-refractivity contribution < 1.29 is 9.50 Å². The van der Waals surface area contributed by atoms with Crippen molar-refractivity contribution >= 4 is 6.08 Å². The molecule has 25 heavy (non-hydrogen) atoms. The van der Waals surface area contributed by atoms with E-state index in [0.717, 1.165) is 36.9 Å². The third-order valence-electron chi connectivity index (χ3n) is 5.07. The van der Waals surface area contributed by atoms with Gasteiger partial charge in [-0.25, -0.2) is 4.39 Å². The summed E-state index contributed by atoms with van der Waals surface area (Å²) in [4.78, 5) is 2.10. The van der Waals surface area contributed by atoms with E-state index in [1.165, 1.54) is 12.1 Å². The monoisotopic (exact) mass is 339 g/mol. The molecule has 1 saturated carbocycles. The van der Waals surface area contributed by atoms with Crippen LogP contribution in [0.25, 0.3) is 6.08 Å². The molecule has 0 aromatic heterocycles. The summed E-state index contributed by atoms with van der Waals surface area (Å²) in [5.41, 5.74) is 1.56. The molecule has 0 spiro atoms. The lowest BCUT2D eigenvalue weighted by Gasteiger charge is -2.44. The second-order valence-corrected chi connectivity index (χ2v) is 7.21. The van der Waals surface area contributed by atoms with Gasteiger partial charge in [0.05, 0.1) is 0 Å². The predicted octanol–water partition coefficient (Wildman–Crippen LogP) is 4.46. The lowest BCUT2D eigenvalue weighted by Crippen LogP contribution is -2.44. The number of halogens is 1. The normalized spacial score (nSPS) is 25.5. The van der Waals surface area contributed by atoms with Gasteiger partial charge in [0.25, 0.3) is 0 Å². The zero-order chi connectivity index (χ0) is 17.9. The van der Waals surface area contributed by atoms with Gasteiger partial charge < -0.3 is 10.0 Å². The van der Waals surface area contributed by atoms with Gasteiger partial charge in [-0.1, -0.05) is 48.5 Å². The van der Waals surface area contributed by atoms with Crippen LogP contribution in [0.15, 0.2) is 60.2 Å². The Hall–Kier alpha value is -1.97. The molecular weight excluding hydrogens is 313 g/mol. The molecule has 2 unspecified atom stereocenters. The summed E-state index contributed by atoms with van der Waals surface area (Å²) >= 11 is 0. The lowest BCUT2D eigenvalue weighted by atomic mass is 9.67. The highest BCUT2D eigenvalue weighted by Gasteiger charge is 2.44. The molecule has 3 rings (SSSR count). The van der Waals surface area contributed by atoms with E-state index < -0.39 is 5.60 Å². The van der Waals surface area contributed by atoms with Gasteiger partial charge in [0.15, 0.2) is 0 Å². The van der Waals surface area contributed by atoms with Crippen molar-refractivity contribution in [3.63, 3.8) is 0 Å². The third-order valence-corrected chi connectivity index (χ3v) is 5.07. The first kappa shape index (κ1) is 17.8. The molecule has 0 bridgehead atoms. The molecule has 0 radical (unpaired) electrons. The van der Waals surface area contributed by atoms with Crippen molar-refractivity contribution in [3.05, 3.63) is 77.1 Å². The van der Waals surface area contributed by atoms with Crippen molar-refractivity contribution in [2.45, 2.75) is 24.9 Å². The molecule has 3 heteroatoms. The molecule has 2 nitrogen and oxygen atoms in total. The maximum Gasteiger partial charge on any atom is 0.123 e. The van der Waals surface area contributed by atoms with Crippen molar-refractivity contribution in [2.24, 2.45) is 5.92 Å². The van der Waals surface area contributed by atoms with E-state index in [1.54, 1.807) is 6.07 Å². The van der Waals surface area contributed by atoms with Gasteiger partial charge in [0.1, 0.15) is 11.4 Å². The maximum atomic E-state index is 13.9. The van der Waals surface area contributed by atoms with Crippen LogP contribution in [0, 0.1) is 11.7 Å². The van der Waals surface area contributed by atoms with Crippen molar-refractivity contribution in [2.75, 3.05) is 20.6 Å². The number of hydrogen-bond acceptors (Lipinski definition) is 2. The summed E-state index contributed by atoms with van der Waals surface area (Å²) in [5.74, 6) is -0.271. The first-order chi connectivity index (χ1) is 12.0. The Morgan fingerprint density at radius 2 is 1.92 bits per heavy atom. The van der Waals surface area contributed by atoms with Crippen LogP contribution in [0.2, 0.25) is 0 Å². The summed E-state index contributed by atoms with van der Waals surface area (Å²) in [6, 6.07) is 16.5. The summed E-state index contributed by atoms with van der Waals surface area (Å²) in [6.45, 7) is 0.763. The molecular formula is C22H26FNO. The van der Waals surface area contributed by atoms with Crippen LogP contribution < -0.4 is 0 Å². The first-order valence-electron chi connectivity index (χ1n) is 8.89. The van der Waals surface area contributed by atoms with E-state index in [2.05, 4.69) is 11.0 Å². The van der Waals surface area contributed by atoms with Gasteiger partial charge in [-0.2, -0.15) is 0 Å². The third kappa shape index (κ3) is 3.83. The van der Waals surface area contributed by atoms with Crippen molar-refractivity contribution in [1.82, 2.24) is 4.90 Å². The van der Waals surface area contributed by atoms with E-state index in [-0.39, 0.29) is 11.7 Å². The van der Waals surface area contributed by atoms with Gasteiger partial charge in [-0.3, -0.25) is 0 Å². The highest BCUT2D eigenvalue weighted by atomic mass is 19.1. The Morgan fingerprint density at radius 3 is 2.60 bits per heavy atom. The number of benzene rings is 2. The number of aliphatic hydroxyl groups is 1. The van der Waals surface area contributed by atoms with Gasteiger partial charge in [-0.05, 0) is 62.2 Å². The Morgan fingerprint density at radius 1 is 1.16 bits per heavy atom. The standard InChI is InChI=1S/C22H26FNO/c1-24(2)16-20-12-6-10-18(14-17-8-4-3-5-9-17)22(20,25)19-11-7-13-21(23)15-19/h3-5,7-9,11,13-15,20,25H,6,10,12,16H2,1-2H3/b18-14+. The van der Waals surface area contributed by atoms with E-state index in [4.69, 9.17) is 0 Å². The molecule has 0 amide bonds. The van der Waals surface area contributed by atoms with E-state index >= 15 is 0 Å². The Kier molecular flexibility index (Phi) is 5.36. The SMILES string of the molecule is CN(C)CC1CCC/C(=C\c2ccccc2)C1(O)c1cccc(F)c1. The molecule has 1 N–H and O–H groups in total. The van der Waals surface area contributed by atoms with E-state index in [9.17, 15) is 9.50 Å². The topological polar surface area (TPSA) is 23.5 Å². The molecule has 132 valence electrons. The van der Waals surface area contributed by atoms with Crippen LogP contribution in [0.5, 0.6) is 0 Å². The molecule has 2 aromatic carbocycles. The lowest BCUT2D eigenvalue weighted by molar-refractivity contribution is -0.0176. The fourth-order valence-electron chi connectivity index (χ4n) is 3.94. The average Bonchev–Trinajstić information content (AvgIpc) is 2.59. The summed E-state index contributed by atoms with van der Waals surface area (Å²) < 4.78 is 13.9. The zero-order valence-electron chi connectivity index (χ0n) is 15.0. The number of rotatable bonds is 4. The van der Waals surface area contributed by atoms with Gasteiger partial charge in [-0.15, -0.1) is 0 Å². The minimum absolute atomic E-state index is 0.0352. The molecule has 1 aliphatic rings. The molecule has 0 aliphatic heterocycles. The Labute approximate surface area is 149 Å². The summed E-state index contributed by atoms with van der Waals surface area (Å²) in [7, 11) is 4.03. The quantitative estimate of drug-likeness (QED) is 0.889. The summed E-state index contributed by atoms with van der Waals surface area (Å²) in [5, 5.41) is 11.8. The van der Waals surface area contributed by atoms with Crippen LogP contribution in [-0.4, -0.2) is 30.6 Å². The van der Waals surface area contributed by atoms with E-state index in [1.807, 2.05) is 50.5 Å². The molecule has 0 saturated heterocycles. The highest BCUT2D eigenvalue weighted by Crippen LogP contribution is 2.46. The van der Waals surface area contributed by atoms with Crippen LogP contribution in [0.3, 0.4) is 0 Å². The molecule has 0 heterocycles. The van der Waals surface area contributed by atoms with Crippen molar-refractivity contribution in [3.8, 4) is 0 Å². The first-order valence-corrected chi connectivity index (χ1v) is 8.89. The second-order valence-electron chi connectivity index (χ2n) is 7.21. The largest absolute Gasteiger partial charge is 0.380 e. The fraction of sp³-hybridized carbons (Fsp3) is 0.364.